The fraction of sp³-hybridized carbons (Fsp3) is 0.0833. The van der Waals surface area contributed by atoms with Crippen LogP contribution in [0.5, 0.6) is 0 Å². The maximum atomic E-state index is 10.8. The van der Waals surface area contributed by atoms with Crippen molar-refractivity contribution < 1.29 is 4.79 Å². The SMILES string of the molecule is Cc1cc(Br)cc(-n2cccc2C=O)c1. The molecule has 0 bridgehead atoms. The molecular weight excluding hydrogens is 254 g/mol. The van der Waals surface area contributed by atoms with Crippen molar-refractivity contribution >= 4 is 22.2 Å². The zero-order valence-electron chi connectivity index (χ0n) is 8.27. The Labute approximate surface area is 96.7 Å². The van der Waals surface area contributed by atoms with Crippen molar-refractivity contribution in [1.82, 2.24) is 4.57 Å². The van der Waals surface area contributed by atoms with Crippen LogP contribution in [0.3, 0.4) is 0 Å². The average molecular weight is 264 g/mol. The monoisotopic (exact) mass is 263 g/mol. The predicted molar refractivity (Wildman–Crippen MR) is 63.6 cm³/mol. The number of benzene rings is 1. The van der Waals surface area contributed by atoms with Gasteiger partial charge in [0.25, 0.3) is 0 Å². The van der Waals surface area contributed by atoms with Crippen LogP contribution < -0.4 is 0 Å². The molecule has 1 aromatic carbocycles. The summed E-state index contributed by atoms with van der Waals surface area (Å²) in [5, 5.41) is 0. The number of carbonyl (C=O) groups is 1. The summed E-state index contributed by atoms with van der Waals surface area (Å²) in [7, 11) is 0. The van der Waals surface area contributed by atoms with Crippen LogP contribution in [-0.2, 0) is 0 Å². The van der Waals surface area contributed by atoms with Gasteiger partial charge in [0.2, 0.25) is 0 Å². The van der Waals surface area contributed by atoms with Crippen molar-refractivity contribution in [2.24, 2.45) is 0 Å². The maximum absolute atomic E-state index is 10.8. The molecule has 0 spiro atoms. The Morgan fingerprint density at radius 1 is 1.33 bits per heavy atom. The molecule has 0 N–H and O–H groups in total. The number of aromatic nitrogens is 1. The normalized spacial score (nSPS) is 10.3. The fourth-order valence-corrected chi connectivity index (χ4v) is 2.18. The maximum Gasteiger partial charge on any atom is 0.166 e. The van der Waals surface area contributed by atoms with Crippen LogP contribution in [0, 0.1) is 6.92 Å². The number of rotatable bonds is 2. The van der Waals surface area contributed by atoms with Crippen molar-refractivity contribution in [3.05, 3.63) is 52.3 Å². The summed E-state index contributed by atoms with van der Waals surface area (Å²) in [6, 6.07) is 9.72. The summed E-state index contributed by atoms with van der Waals surface area (Å²) in [5.74, 6) is 0. The highest BCUT2D eigenvalue weighted by molar-refractivity contribution is 9.10. The minimum atomic E-state index is 0.660. The van der Waals surface area contributed by atoms with Crippen molar-refractivity contribution in [3.63, 3.8) is 0 Å². The van der Waals surface area contributed by atoms with Gasteiger partial charge in [-0.2, -0.15) is 0 Å². The van der Waals surface area contributed by atoms with Crippen LogP contribution in [-0.4, -0.2) is 10.9 Å². The van der Waals surface area contributed by atoms with Crippen LogP contribution in [0.1, 0.15) is 16.1 Å². The van der Waals surface area contributed by atoms with E-state index in [0.29, 0.717) is 5.69 Å². The van der Waals surface area contributed by atoms with Crippen LogP contribution in [0.4, 0.5) is 0 Å². The Kier molecular flexibility index (Phi) is 2.73. The zero-order valence-corrected chi connectivity index (χ0v) is 9.86. The summed E-state index contributed by atoms with van der Waals surface area (Å²) in [4.78, 5) is 10.8. The van der Waals surface area contributed by atoms with E-state index in [1.807, 2.05) is 42.0 Å². The highest BCUT2D eigenvalue weighted by Gasteiger charge is 2.03. The summed E-state index contributed by atoms with van der Waals surface area (Å²) < 4.78 is 2.88. The number of hydrogen-bond acceptors (Lipinski definition) is 1. The number of carbonyl (C=O) groups excluding carboxylic acids is 1. The summed E-state index contributed by atoms with van der Waals surface area (Å²) in [5.41, 5.74) is 2.81. The molecule has 0 fully saturated rings. The number of nitrogens with zero attached hydrogens (tertiary/aromatic N) is 1. The van der Waals surface area contributed by atoms with Gasteiger partial charge in [0.05, 0.1) is 5.69 Å². The van der Waals surface area contributed by atoms with Gasteiger partial charge in [0.1, 0.15) is 0 Å². The van der Waals surface area contributed by atoms with E-state index in [1.165, 1.54) is 0 Å². The summed E-state index contributed by atoms with van der Waals surface area (Å²) in [6.45, 7) is 2.03. The van der Waals surface area contributed by atoms with E-state index in [4.69, 9.17) is 0 Å². The van der Waals surface area contributed by atoms with Crippen molar-refractivity contribution in [1.29, 1.82) is 0 Å². The van der Waals surface area contributed by atoms with Crippen LogP contribution in [0.25, 0.3) is 5.69 Å². The molecule has 0 radical (unpaired) electrons. The molecule has 2 aromatic rings. The predicted octanol–water partition coefficient (Wildman–Crippen LogP) is 3.36. The van der Waals surface area contributed by atoms with Gasteiger partial charge in [0.15, 0.2) is 6.29 Å². The fourth-order valence-electron chi connectivity index (χ4n) is 1.58. The first-order chi connectivity index (χ1) is 7.20. The molecule has 0 aliphatic rings. The standard InChI is InChI=1S/C12H10BrNO/c1-9-5-10(13)7-12(6-9)14-4-2-3-11(14)8-15/h2-8H,1H3. The van der Waals surface area contributed by atoms with Gasteiger partial charge in [-0.3, -0.25) is 4.79 Å². The molecule has 0 aliphatic heterocycles. The lowest BCUT2D eigenvalue weighted by molar-refractivity contribution is 0.111. The van der Waals surface area contributed by atoms with Gasteiger partial charge in [-0.15, -0.1) is 0 Å². The van der Waals surface area contributed by atoms with Crippen LogP contribution in [0.15, 0.2) is 41.0 Å². The van der Waals surface area contributed by atoms with Gasteiger partial charge in [-0.1, -0.05) is 15.9 Å². The molecule has 0 amide bonds. The average Bonchev–Trinajstić information content (AvgIpc) is 2.63. The van der Waals surface area contributed by atoms with Crippen molar-refractivity contribution in [2.45, 2.75) is 6.92 Å². The van der Waals surface area contributed by atoms with E-state index in [-0.39, 0.29) is 0 Å². The van der Waals surface area contributed by atoms with E-state index < -0.39 is 0 Å². The van der Waals surface area contributed by atoms with E-state index in [1.54, 1.807) is 6.07 Å². The lowest BCUT2D eigenvalue weighted by atomic mass is 10.2. The highest BCUT2D eigenvalue weighted by atomic mass is 79.9. The highest BCUT2D eigenvalue weighted by Crippen LogP contribution is 2.19. The lowest BCUT2D eigenvalue weighted by Gasteiger charge is -2.07. The molecule has 0 saturated carbocycles. The Bertz CT molecular complexity index is 482. The van der Waals surface area contributed by atoms with E-state index in [2.05, 4.69) is 15.9 Å². The molecular formula is C12H10BrNO. The third-order valence-electron chi connectivity index (χ3n) is 2.21. The Morgan fingerprint density at radius 3 is 2.80 bits per heavy atom. The van der Waals surface area contributed by atoms with Gasteiger partial charge >= 0.3 is 0 Å². The van der Waals surface area contributed by atoms with Gasteiger partial charge in [-0.05, 0) is 42.8 Å². The second kappa shape index (κ2) is 4.03. The van der Waals surface area contributed by atoms with E-state index in [9.17, 15) is 4.79 Å². The molecule has 1 aromatic heterocycles. The smallest absolute Gasteiger partial charge is 0.166 e. The second-order valence-corrected chi connectivity index (χ2v) is 4.32. The summed E-state index contributed by atoms with van der Waals surface area (Å²) in [6.07, 6.45) is 2.74. The van der Waals surface area contributed by atoms with Crippen molar-refractivity contribution in [3.8, 4) is 5.69 Å². The molecule has 76 valence electrons. The third kappa shape index (κ3) is 2.02. The Hall–Kier alpha value is -1.35. The second-order valence-electron chi connectivity index (χ2n) is 3.41. The van der Waals surface area contributed by atoms with Crippen LogP contribution >= 0.6 is 15.9 Å². The van der Waals surface area contributed by atoms with Gasteiger partial charge in [-0.25, -0.2) is 0 Å². The van der Waals surface area contributed by atoms with Crippen molar-refractivity contribution in [2.75, 3.05) is 0 Å². The molecule has 1 heterocycles. The Morgan fingerprint density at radius 2 is 2.13 bits per heavy atom. The lowest BCUT2D eigenvalue weighted by Crippen LogP contribution is -1.97. The quantitative estimate of drug-likeness (QED) is 0.762. The molecule has 15 heavy (non-hydrogen) atoms. The third-order valence-corrected chi connectivity index (χ3v) is 2.66. The zero-order chi connectivity index (χ0) is 10.8. The number of aryl methyl sites for hydroxylation is 1. The minimum absolute atomic E-state index is 0.660. The molecule has 0 aliphatic carbocycles. The first-order valence-corrected chi connectivity index (χ1v) is 5.40. The number of halogens is 1. The largest absolute Gasteiger partial charge is 0.314 e. The van der Waals surface area contributed by atoms with Gasteiger partial charge < -0.3 is 4.57 Å². The van der Waals surface area contributed by atoms with Crippen LogP contribution in [0.2, 0.25) is 0 Å². The molecule has 2 nitrogen and oxygen atoms in total. The molecule has 2 rings (SSSR count). The number of hydrogen-bond donors (Lipinski definition) is 0. The van der Waals surface area contributed by atoms with E-state index in [0.717, 1.165) is 22.0 Å². The van der Waals surface area contributed by atoms with E-state index >= 15 is 0 Å². The van der Waals surface area contributed by atoms with Gasteiger partial charge in [0, 0.05) is 16.4 Å². The molecule has 0 unspecified atom stereocenters. The molecule has 0 atom stereocenters. The molecule has 3 heteroatoms. The molecule has 0 saturated heterocycles. The summed E-state index contributed by atoms with van der Waals surface area (Å²) >= 11 is 3.44. The topological polar surface area (TPSA) is 22.0 Å². The first-order valence-electron chi connectivity index (χ1n) is 4.61. The number of aldehydes is 1. The minimum Gasteiger partial charge on any atom is -0.314 e. The first kappa shape index (κ1) is 10.2. The Balaban J connectivity index is 2.58.